The van der Waals surface area contributed by atoms with Crippen molar-refractivity contribution in [2.45, 2.75) is 59.3 Å². The minimum atomic E-state index is -5.25. The van der Waals surface area contributed by atoms with E-state index in [9.17, 15) is 91.7 Å². The van der Waals surface area contributed by atoms with Crippen LogP contribution < -0.4 is 5.73 Å². The molecule has 6 aromatic rings. The second kappa shape index (κ2) is 31.2. The summed E-state index contributed by atoms with van der Waals surface area (Å²) in [5.41, 5.74) is -18.0. The van der Waals surface area contributed by atoms with Gasteiger partial charge in [0.2, 0.25) is 0 Å². The predicted molar refractivity (Wildman–Crippen MR) is 288 cm³/mol. The zero-order valence-corrected chi connectivity index (χ0v) is 56.7. The van der Waals surface area contributed by atoms with Gasteiger partial charge in [-0.05, 0) is 59.3 Å². The van der Waals surface area contributed by atoms with E-state index in [-0.39, 0.29) is 42.7 Å². The van der Waals surface area contributed by atoms with Gasteiger partial charge < -0.3 is 20.6 Å². The summed E-state index contributed by atoms with van der Waals surface area (Å²) in [4.78, 5) is -3.08. The maximum atomic E-state index is 12.8. The number of hydrogen-bond acceptors (Lipinski definition) is 10. The fourth-order valence-corrected chi connectivity index (χ4v) is 10.9. The third-order valence-electron chi connectivity index (χ3n) is 8.90. The van der Waals surface area contributed by atoms with E-state index in [2.05, 4.69) is 79.0 Å². The van der Waals surface area contributed by atoms with E-state index in [4.69, 9.17) is 91.1 Å². The van der Waals surface area contributed by atoms with Crippen LogP contribution in [0.1, 0.15) is 39.5 Å². The van der Waals surface area contributed by atoms with Crippen molar-refractivity contribution >= 4 is 172 Å². The number of nitrogens with zero attached hydrogens (tertiary/aromatic N) is 9. The van der Waals surface area contributed by atoms with Gasteiger partial charge in [0, 0.05) is 0 Å². The Bertz CT molecular complexity index is 3220. The Hall–Kier alpha value is -2.97. The smallest absolute Gasteiger partial charge is 0.383 e. The number of aromatic nitrogens is 6. The van der Waals surface area contributed by atoms with Gasteiger partial charge in [-0.2, -0.15) is 110 Å². The van der Waals surface area contributed by atoms with Crippen molar-refractivity contribution in [2.75, 3.05) is 5.73 Å². The van der Waals surface area contributed by atoms with Crippen LogP contribution in [0.25, 0.3) is 17.1 Å². The largest absolute Gasteiger partial charge is 2.00 e. The number of benzene rings is 3. The molecule has 0 aliphatic heterocycles. The van der Waals surface area contributed by atoms with Gasteiger partial charge in [0.25, 0.3) is 0 Å². The summed E-state index contributed by atoms with van der Waals surface area (Å²) < 4.78 is 266. The van der Waals surface area contributed by atoms with Crippen LogP contribution in [0.15, 0.2) is 55.7 Å². The number of alkyl halides is 21. The monoisotopic (exact) mass is 1710 g/mol. The van der Waals surface area contributed by atoms with E-state index in [1.165, 1.54) is 18.2 Å². The SMILES string of the molecule is BrC(Br)Br.Cc1c(S(=O)C(F)(F)F)c(C#N)nn1-c1c(Cl)cc(C(F)(F)F)cc1Cl.N#Cc1nn(-c2c(Cl)cc(C(F)(F)F)cc2Cl)c(Br)c1S(=O)C(F)(F)F.N#Cc1nn(-c2c(Cl)cc(C(F)(F)F)cc2Cl)c(N)c1S(=O)C(F)(F)F.[CH3-].[CH3-].[Zn+2]. The van der Waals surface area contributed by atoms with Gasteiger partial charge in [0.15, 0.2) is 49.5 Å². The molecule has 0 fully saturated rings. The quantitative estimate of drug-likeness (QED) is 0.0723. The Balaban J connectivity index is 0.00000118. The van der Waals surface area contributed by atoms with E-state index < -0.39 is 174 Å². The molecule has 3 aromatic heterocycles. The van der Waals surface area contributed by atoms with Gasteiger partial charge in [0.1, 0.15) is 63.0 Å². The van der Waals surface area contributed by atoms with Gasteiger partial charge in [-0.25, -0.2) is 26.7 Å². The molecule has 3 heterocycles. The number of nitrogen functional groups attached to an aromatic ring is 1. The molecule has 6 rings (SSSR count). The molecular weight excluding hydrogens is 1700 g/mol. The summed E-state index contributed by atoms with van der Waals surface area (Å²) in [6, 6.07) is 6.89. The number of hydrogen-bond donors (Lipinski definition) is 1. The topological polar surface area (TPSA) is 202 Å². The maximum Gasteiger partial charge on any atom is 2.00 e. The van der Waals surface area contributed by atoms with E-state index in [1.807, 2.05) is 0 Å². The van der Waals surface area contributed by atoms with Crippen molar-refractivity contribution in [3.63, 3.8) is 0 Å². The van der Waals surface area contributed by atoms with Crippen molar-refractivity contribution in [1.29, 1.82) is 15.8 Å². The Morgan fingerprint density at radius 1 is 0.482 bits per heavy atom. The molecule has 2 N–H and O–H groups in total. The van der Waals surface area contributed by atoms with Crippen LogP contribution in [-0.4, -0.2) is 61.1 Å². The molecule has 3 aromatic carbocycles. The first-order chi connectivity index (χ1) is 37.1. The van der Waals surface area contributed by atoms with Crippen LogP contribution in [0.5, 0.6) is 0 Å². The van der Waals surface area contributed by atoms with Gasteiger partial charge in [-0.15, -0.1) is 0 Å². The molecule has 45 heteroatoms. The molecule has 0 aliphatic rings. The molecule has 0 spiro atoms. The summed E-state index contributed by atoms with van der Waals surface area (Å²) in [6.07, 6.45) is -14.3. The van der Waals surface area contributed by atoms with Crippen molar-refractivity contribution in [2.24, 2.45) is 0 Å². The van der Waals surface area contributed by atoms with Crippen molar-refractivity contribution in [3.05, 3.63) is 125 Å². The number of halogens is 28. The van der Waals surface area contributed by atoms with Crippen molar-refractivity contribution in [3.8, 4) is 35.3 Å². The summed E-state index contributed by atoms with van der Waals surface area (Å²) >= 11 is 46.6. The second-order valence-electron chi connectivity index (χ2n) is 14.1. The molecule has 0 amide bonds. The van der Waals surface area contributed by atoms with Crippen molar-refractivity contribution in [1.82, 2.24) is 29.3 Å². The Morgan fingerprint density at radius 2 is 0.706 bits per heavy atom. The summed E-state index contributed by atoms with van der Waals surface area (Å²) in [5.74, 6) is -0.902. The molecular formula is C40H18Br4Cl6F18N10O3S3Zn. The van der Waals surface area contributed by atoms with E-state index in [0.29, 0.717) is 50.4 Å². The molecule has 85 heavy (non-hydrogen) atoms. The number of anilines is 1. The first kappa shape index (κ1) is 82.0. The number of nitriles is 3. The van der Waals surface area contributed by atoms with Crippen LogP contribution in [0.4, 0.5) is 84.8 Å². The molecule has 0 aliphatic carbocycles. The maximum absolute atomic E-state index is 12.8. The van der Waals surface area contributed by atoms with E-state index in [1.54, 1.807) is 0 Å². The first-order valence-corrected chi connectivity index (χ1v) is 28.4. The van der Waals surface area contributed by atoms with Crippen LogP contribution in [0.3, 0.4) is 0 Å². The standard InChI is InChI=1S/C13H5Cl2F6N3OS.C12H2BrCl2F6N3OS.C12H4Cl2F6N4OS.CHBr3.2CH3.Zn/c1-5-11(26(25)13(19,20)21)9(4-22)23-24(5)10-7(14)2-6(3-8(10)15)12(16,17)18;13-10-9(26(25)12(19,20)21)7(3-22)23-24(10)8-5(14)1-4(2-6(8)15)11(16,17)18;13-5-1-4(11(15,16)17)2-6(14)8(5)24-10(22)9(7(3-21)23-24)26(25)12(18,19)20;2-1(3)4;;;/h2-3H,1H3;1-2H;1-2H,22H2;1H;2*1H3;/q;;;;2*-1;+2. The van der Waals surface area contributed by atoms with E-state index in [0.717, 1.165) is 6.92 Å². The summed E-state index contributed by atoms with van der Waals surface area (Å²) in [7, 11) is -10.9. The van der Waals surface area contributed by atoms with Gasteiger partial charge in [0.05, 0.1) is 52.5 Å². The molecule has 3 unspecified atom stereocenters. The molecule has 3 atom stereocenters. The number of rotatable bonds is 6. The van der Waals surface area contributed by atoms with Crippen LogP contribution in [0, 0.1) is 55.8 Å². The van der Waals surface area contributed by atoms with Gasteiger partial charge in [-0.1, -0.05) is 117 Å². The van der Waals surface area contributed by atoms with Gasteiger partial charge in [-0.3, -0.25) is 0 Å². The molecule has 0 bridgehead atoms. The molecule has 0 saturated carbocycles. The Morgan fingerprint density at radius 3 is 0.988 bits per heavy atom. The third kappa shape index (κ3) is 20.0. The Labute approximate surface area is 548 Å². The van der Waals surface area contributed by atoms with Crippen molar-refractivity contribution < 1.29 is 111 Å². The molecule has 0 radical (unpaired) electrons. The van der Waals surface area contributed by atoms with Crippen LogP contribution in [-0.2, 0) is 70.4 Å². The molecule has 13 nitrogen and oxygen atoms in total. The summed E-state index contributed by atoms with van der Waals surface area (Å²) in [6.45, 7) is 1.05. The average molecular weight is 1720 g/mol. The first-order valence-electron chi connectivity index (χ1n) is 19.1. The van der Waals surface area contributed by atoms with E-state index >= 15 is 0 Å². The number of nitrogens with two attached hydrogens (primary N) is 1. The third-order valence-corrected chi connectivity index (χ3v) is 15.3. The van der Waals surface area contributed by atoms with Crippen LogP contribution >= 0.6 is 133 Å². The second-order valence-corrected chi connectivity index (χ2v) is 28.0. The van der Waals surface area contributed by atoms with Crippen LogP contribution in [0.2, 0.25) is 30.1 Å². The summed E-state index contributed by atoms with van der Waals surface area (Å²) in [5, 5.41) is 33.7. The normalized spacial score (nSPS) is 12.8. The molecule has 462 valence electrons. The van der Waals surface area contributed by atoms with Gasteiger partial charge >= 0.3 is 54.5 Å². The Kier molecular flexibility index (Phi) is 30.1. The minimum absolute atomic E-state index is 0. The average Bonchev–Trinajstić information content (AvgIpc) is 4.15. The fourth-order valence-electron chi connectivity index (χ4n) is 5.75. The zero-order chi connectivity index (χ0) is 63.7. The predicted octanol–water partition coefficient (Wildman–Crippen LogP) is 18.1. The fraction of sp³-hybridized carbons (Fsp3) is 0.200. The molecule has 0 saturated heterocycles. The minimum Gasteiger partial charge on any atom is -0.383 e. The zero-order valence-electron chi connectivity index (χ0n) is 40.4.